The Morgan fingerprint density at radius 3 is 1.64 bits per heavy atom. The second kappa shape index (κ2) is 6.89. The smallest absolute Gasteiger partial charge is 0.152 e. The largest absolute Gasteiger partial charge is 0.505 e. The molecule has 0 amide bonds. The van der Waals surface area contributed by atoms with E-state index in [0.717, 1.165) is 0 Å². The average Bonchev–Trinajstić information content (AvgIpc) is 2.56. The first-order chi connectivity index (χ1) is 11.8. The lowest BCUT2D eigenvalue weighted by atomic mass is 10.1. The topological polar surface area (TPSA) is 66.2 Å². The summed E-state index contributed by atoms with van der Waals surface area (Å²) in [6.45, 7) is 1.78. The normalized spacial score (nSPS) is 10.9. The fraction of sp³-hybridized carbons (Fsp3) is 0.0588. The van der Waals surface area contributed by atoms with Crippen molar-refractivity contribution in [3.05, 3.63) is 56.2 Å². The molecule has 2 aromatic carbocycles. The third-order valence-corrected chi connectivity index (χ3v) is 4.70. The third-order valence-electron chi connectivity index (χ3n) is 3.55. The van der Waals surface area contributed by atoms with Gasteiger partial charge in [0.25, 0.3) is 0 Å². The van der Waals surface area contributed by atoms with E-state index >= 15 is 0 Å². The molecule has 0 aliphatic heterocycles. The van der Waals surface area contributed by atoms with Gasteiger partial charge in [-0.15, -0.1) is 0 Å². The van der Waals surface area contributed by atoms with Crippen LogP contribution in [0.3, 0.4) is 0 Å². The van der Waals surface area contributed by atoms with Crippen molar-refractivity contribution in [3.8, 4) is 34.0 Å². The summed E-state index contributed by atoms with van der Waals surface area (Å²) >= 11 is 23.8. The molecule has 1 heterocycles. The number of aryl methyl sites for hydroxylation is 1. The molecule has 3 rings (SSSR count). The number of aromatic hydroxyl groups is 2. The fourth-order valence-corrected chi connectivity index (χ4v) is 3.29. The first-order valence-corrected chi connectivity index (χ1v) is 8.49. The average molecular weight is 416 g/mol. The zero-order valence-electron chi connectivity index (χ0n) is 12.7. The predicted molar refractivity (Wildman–Crippen MR) is 101 cm³/mol. The molecule has 0 atom stereocenters. The van der Waals surface area contributed by atoms with E-state index in [1.54, 1.807) is 37.4 Å². The number of phenols is 2. The van der Waals surface area contributed by atoms with Crippen molar-refractivity contribution in [3.63, 3.8) is 0 Å². The quantitative estimate of drug-likeness (QED) is 0.527. The number of hydrogen-bond donors (Lipinski definition) is 2. The van der Waals surface area contributed by atoms with Gasteiger partial charge >= 0.3 is 0 Å². The standard InChI is InChI=1S/C17H10Cl4N2O2/c1-7-15(9-4-12(20)17(25)13(21)5-9)22-6-14(23-7)8-2-10(18)16(24)11(19)3-8/h2-6,24-25H,1H3. The Labute approximate surface area is 163 Å². The van der Waals surface area contributed by atoms with Crippen molar-refractivity contribution in [1.29, 1.82) is 0 Å². The molecule has 0 aliphatic rings. The molecule has 0 aliphatic carbocycles. The van der Waals surface area contributed by atoms with Crippen molar-refractivity contribution >= 4 is 46.4 Å². The summed E-state index contributed by atoms with van der Waals surface area (Å²) in [4.78, 5) is 8.91. The molecule has 0 radical (unpaired) electrons. The molecule has 25 heavy (non-hydrogen) atoms. The molecular formula is C17H10Cl4N2O2. The van der Waals surface area contributed by atoms with Crippen molar-refractivity contribution in [2.75, 3.05) is 0 Å². The Bertz CT molecular complexity index is 946. The highest BCUT2D eigenvalue weighted by atomic mass is 35.5. The molecule has 0 unspecified atom stereocenters. The van der Waals surface area contributed by atoms with Crippen LogP contribution >= 0.6 is 46.4 Å². The monoisotopic (exact) mass is 414 g/mol. The van der Waals surface area contributed by atoms with Crippen molar-refractivity contribution in [1.82, 2.24) is 9.97 Å². The Kier molecular flexibility index (Phi) is 4.98. The van der Waals surface area contributed by atoms with Gasteiger partial charge in [0.05, 0.1) is 43.4 Å². The zero-order valence-corrected chi connectivity index (χ0v) is 15.7. The van der Waals surface area contributed by atoms with E-state index in [-0.39, 0.29) is 31.6 Å². The lowest BCUT2D eigenvalue weighted by Crippen LogP contribution is -1.95. The van der Waals surface area contributed by atoms with E-state index in [1.807, 2.05) is 0 Å². The van der Waals surface area contributed by atoms with Gasteiger partial charge in [0, 0.05) is 11.1 Å². The van der Waals surface area contributed by atoms with Crippen LogP contribution in [0.5, 0.6) is 11.5 Å². The lowest BCUT2D eigenvalue weighted by Gasteiger charge is -2.10. The third kappa shape index (κ3) is 3.48. The Morgan fingerprint density at radius 2 is 1.20 bits per heavy atom. The van der Waals surface area contributed by atoms with E-state index in [9.17, 15) is 10.2 Å². The number of halogens is 4. The molecule has 2 N–H and O–H groups in total. The Morgan fingerprint density at radius 1 is 0.760 bits per heavy atom. The maximum absolute atomic E-state index is 9.67. The van der Waals surface area contributed by atoms with Crippen LogP contribution in [0, 0.1) is 6.92 Å². The van der Waals surface area contributed by atoms with Gasteiger partial charge in [-0.3, -0.25) is 4.98 Å². The number of rotatable bonds is 2. The van der Waals surface area contributed by atoms with Crippen LogP contribution in [-0.2, 0) is 0 Å². The van der Waals surface area contributed by atoms with Gasteiger partial charge in [0.2, 0.25) is 0 Å². The molecule has 0 bridgehead atoms. The molecule has 0 fully saturated rings. The zero-order chi connectivity index (χ0) is 18.3. The van der Waals surface area contributed by atoms with Crippen LogP contribution in [0.15, 0.2) is 30.5 Å². The SMILES string of the molecule is Cc1nc(-c2cc(Cl)c(O)c(Cl)c2)cnc1-c1cc(Cl)c(O)c(Cl)c1. The predicted octanol–water partition coefficient (Wildman–Crippen LogP) is 6.14. The van der Waals surface area contributed by atoms with E-state index < -0.39 is 0 Å². The van der Waals surface area contributed by atoms with Gasteiger partial charge < -0.3 is 10.2 Å². The van der Waals surface area contributed by atoms with Gasteiger partial charge in [-0.1, -0.05) is 46.4 Å². The highest BCUT2D eigenvalue weighted by Crippen LogP contribution is 2.38. The summed E-state index contributed by atoms with van der Waals surface area (Å²) < 4.78 is 0. The number of phenolic OH excluding ortho intramolecular Hbond substituents is 2. The lowest BCUT2D eigenvalue weighted by molar-refractivity contribution is 0.475. The number of aromatic nitrogens is 2. The fourth-order valence-electron chi connectivity index (χ4n) is 2.32. The molecular weight excluding hydrogens is 406 g/mol. The number of hydrogen-bond acceptors (Lipinski definition) is 4. The molecule has 0 spiro atoms. The first-order valence-electron chi connectivity index (χ1n) is 6.98. The summed E-state index contributed by atoms with van der Waals surface area (Å²) in [5.74, 6) is -0.357. The van der Waals surface area contributed by atoms with Crippen LogP contribution in [0.25, 0.3) is 22.5 Å². The first kappa shape index (κ1) is 18.1. The summed E-state index contributed by atoms with van der Waals surface area (Å²) in [7, 11) is 0. The molecule has 1 aromatic heterocycles. The molecule has 3 aromatic rings. The Balaban J connectivity index is 2.08. The molecule has 128 valence electrons. The second-order valence-corrected chi connectivity index (χ2v) is 6.90. The van der Waals surface area contributed by atoms with Gasteiger partial charge in [0.15, 0.2) is 11.5 Å². The summed E-state index contributed by atoms with van der Waals surface area (Å²) in [6, 6.07) is 6.24. The maximum Gasteiger partial charge on any atom is 0.152 e. The van der Waals surface area contributed by atoms with Crippen molar-refractivity contribution in [2.45, 2.75) is 6.92 Å². The van der Waals surface area contributed by atoms with Gasteiger partial charge in [-0.25, -0.2) is 4.98 Å². The highest BCUT2D eigenvalue weighted by Gasteiger charge is 2.14. The van der Waals surface area contributed by atoms with Crippen LogP contribution < -0.4 is 0 Å². The molecule has 0 saturated heterocycles. The van der Waals surface area contributed by atoms with Gasteiger partial charge in [0.1, 0.15) is 0 Å². The van der Waals surface area contributed by atoms with Crippen LogP contribution in [0.2, 0.25) is 20.1 Å². The van der Waals surface area contributed by atoms with E-state index in [4.69, 9.17) is 46.4 Å². The van der Waals surface area contributed by atoms with Gasteiger partial charge in [-0.05, 0) is 31.2 Å². The van der Waals surface area contributed by atoms with Crippen molar-refractivity contribution in [2.24, 2.45) is 0 Å². The summed E-state index contributed by atoms with van der Waals surface area (Å²) in [5.41, 5.74) is 2.99. The van der Waals surface area contributed by atoms with E-state index in [2.05, 4.69) is 9.97 Å². The maximum atomic E-state index is 9.67. The highest BCUT2D eigenvalue weighted by molar-refractivity contribution is 6.38. The van der Waals surface area contributed by atoms with Crippen molar-refractivity contribution < 1.29 is 10.2 Å². The van der Waals surface area contributed by atoms with Gasteiger partial charge in [-0.2, -0.15) is 0 Å². The van der Waals surface area contributed by atoms with Crippen LogP contribution in [0.4, 0.5) is 0 Å². The minimum Gasteiger partial charge on any atom is -0.505 e. The van der Waals surface area contributed by atoms with Crippen LogP contribution in [-0.4, -0.2) is 20.2 Å². The summed E-state index contributed by atoms with van der Waals surface area (Å²) in [5, 5.41) is 19.8. The van der Waals surface area contributed by atoms with Crippen LogP contribution in [0.1, 0.15) is 5.69 Å². The minimum absolute atomic E-state index is 0.128. The van der Waals surface area contributed by atoms with E-state index in [0.29, 0.717) is 28.2 Å². The van der Waals surface area contributed by atoms with E-state index in [1.165, 1.54) is 0 Å². The molecule has 0 saturated carbocycles. The second-order valence-electron chi connectivity index (χ2n) is 5.27. The molecule has 4 nitrogen and oxygen atoms in total. The molecule has 8 heteroatoms. The number of nitrogens with zero attached hydrogens (tertiary/aromatic N) is 2. The number of benzene rings is 2. The Hall–Kier alpha value is -1.72. The summed E-state index contributed by atoms with van der Waals surface area (Å²) in [6.07, 6.45) is 1.55. The minimum atomic E-state index is -0.179.